The zero-order valence-electron chi connectivity index (χ0n) is 11.7. The molecule has 1 atom stereocenters. The minimum atomic E-state index is -0.538. The number of nitrogens with zero attached hydrogens (tertiary/aromatic N) is 1. The predicted octanol–water partition coefficient (Wildman–Crippen LogP) is 2.75. The van der Waals surface area contributed by atoms with Crippen LogP contribution in [0.25, 0.3) is 0 Å². The fraction of sp³-hybridized carbons (Fsp3) is 0.938. The summed E-state index contributed by atoms with van der Waals surface area (Å²) in [5, 5.41) is 9.85. The summed E-state index contributed by atoms with van der Waals surface area (Å²) in [6.07, 6.45) is 10.2. The molecule has 1 aliphatic heterocycles. The van der Waals surface area contributed by atoms with E-state index >= 15 is 0 Å². The Balaban J connectivity index is 1.66. The zero-order chi connectivity index (χ0) is 13.0. The van der Waals surface area contributed by atoms with Crippen LogP contribution in [0.3, 0.4) is 0 Å². The molecule has 0 aromatic carbocycles. The molecule has 0 amide bonds. The van der Waals surface area contributed by atoms with Crippen molar-refractivity contribution in [1.82, 2.24) is 4.90 Å². The lowest BCUT2D eigenvalue weighted by atomic mass is 9.47. The van der Waals surface area contributed by atoms with Gasteiger partial charge in [-0.15, -0.1) is 0 Å². The third-order valence-electron chi connectivity index (χ3n) is 6.41. The van der Waals surface area contributed by atoms with E-state index in [2.05, 4.69) is 4.90 Å². The minimum absolute atomic E-state index is 0.130. The summed E-state index contributed by atoms with van der Waals surface area (Å²) in [6, 6.07) is -0.177. The third kappa shape index (κ3) is 1.84. The Morgan fingerprint density at radius 2 is 1.47 bits per heavy atom. The molecule has 0 aromatic heterocycles. The van der Waals surface area contributed by atoms with Gasteiger partial charge >= 0.3 is 5.97 Å². The lowest BCUT2D eigenvalue weighted by Crippen LogP contribution is -2.59. The maximum Gasteiger partial charge on any atom is 0.321 e. The highest BCUT2D eigenvalue weighted by Crippen LogP contribution is 2.62. The fourth-order valence-electron chi connectivity index (χ4n) is 6.32. The molecule has 4 aliphatic carbocycles. The van der Waals surface area contributed by atoms with Crippen molar-refractivity contribution in [2.24, 2.45) is 23.2 Å². The second kappa shape index (κ2) is 4.21. The number of hydrogen-bond donors (Lipinski definition) is 1. The van der Waals surface area contributed by atoms with Crippen LogP contribution in [0.15, 0.2) is 0 Å². The maximum absolute atomic E-state index is 12.0. The van der Waals surface area contributed by atoms with Crippen molar-refractivity contribution in [3.63, 3.8) is 0 Å². The number of aliphatic carboxylic acids is 1. The molecule has 1 heterocycles. The van der Waals surface area contributed by atoms with E-state index in [1.807, 2.05) is 0 Å². The molecule has 0 aromatic rings. The first-order valence-electron chi connectivity index (χ1n) is 8.13. The molecule has 0 radical (unpaired) electrons. The first kappa shape index (κ1) is 12.2. The van der Waals surface area contributed by atoms with Gasteiger partial charge in [0.2, 0.25) is 0 Å². The fourth-order valence-corrected chi connectivity index (χ4v) is 6.32. The highest BCUT2D eigenvalue weighted by molar-refractivity contribution is 5.75. The Kier molecular flexibility index (Phi) is 2.70. The van der Waals surface area contributed by atoms with E-state index in [4.69, 9.17) is 0 Å². The van der Waals surface area contributed by atoms with Crippen molar-refractivity contribution in [3.8, 4) is 0 Å². The van der Waals surface area contributed by atoms with Crippen LogP contribution < -0.4 is 0 Å². The summed E-state index contributed by atoms with van der Waals surface area (Å²) in [4.78, 5) is 14.3. The normalized spacial score (nSPS) is 46.6. The standard InChI is InChI=1S/C16H25NO2/c18-15(19)14(17-3-1-2-4-17)16-8-11-5-12(9-16)7-13(6-11)10-16/h11-14H,1-10H2,(H,18,19). The van der Waals surface area contributed by atoms with Gasteiger partial charge in [-0.25, -0.2) is 0 Å². The summed E-state index contributed by atoms with van der Waals surface area (Å²) < 4.78 is 0. The second-order valence-corrected chi connectivity index (χ2v) is 7.76. The van der Waals surface area contributed by atoms with Crippen LogP contribution in [0.2, 0.25) is 0 Å². The first-order chi connectivity index (χ1) is 9.16. The van der Waals surface area contributed by atoms with Gasteiger partial charge in [0.1, 0.15) is 6.04 Å². The maximum atomic E-state index is 12.0. The zero-order valence-corrected chi connectivity index (χ0v) is 11.7. The van der Waals surface area contributed by atoms with Crippen LogP contribution in [-0.4, -0.2) is 35.1 Å². The molecule has 5 fully saturated rings. The van der Waals surface area contributed by atoms with Gasteiger partial charge < -0.3 is 5.11 Å². The van der Waals surface area contributed by atoms with Crippen molar-refractivity contribution in [3.05, 3.63) is 0 Å². The molecule has 0 spiro atoms. The molecule has 3 heteroatoms. The number of rotatable bonds is 3. The second-order valence-electron chi connectivity index (χ2n) is 7.76. The van der Waals surface area contributed by atoms with Gasteiger partial charge in [-0.2, -0.15) is 0 Å². The van der Waals surface area contributed by atoms with Crippen molar-refractivity contribution in [2.45, 2.75) is 57.4 Å². The van der Waals surface area contributed by atoms with Gasteiger partial charge in [0, 0.05) is 0 Å². The van der Waals surface area contributed by atoms with Gasteiger partial charge in [0.05, 0.1) is 0 Å². The van der Waals surface area contributed by atoms with Crippen LogP contribution in [0.1, 0.15) is 51.4 Å². The van der Waals surface area contributed by atoms with Gasteiger partial charge in [-0.1, -0.05) is 0 Å². The lowest BCUT2D eigenvalue weighted by molar-refractivity contribution is -0.160. The average molecular weight is 263 g/mol. The third-order valence-corrected chi connectivity index (χ3v) is 6.41. The number of carboxylic acid groups (broad SMARTS) is 1. The molecule has 5 rings (SSSR count). The molecule has 106 valence electrons. The molecule has 19 heavy (non-hydrogen) atoms. The van der Waals surface area contributed by atoms with Crippen molar-refractivity contribution in [2.75, 3.05) is 13.1 Å². The average Bonchev–Trinajstić information content (AvgIpc) is 2.79. The van der Waals surface area contributed by atoms with Crippen LogP contribution in [0, 0.1) is 23.2 Å². The summed E-state index contributed by atoms with van der Waals surface area (Å²) in [5.74, 6) is 1.99. The van der Waals surface area contributed by atoms with Crippen molar-refractivity contribution >= 4 is 5.97 Å². The molecule has 5 aliphatic rings. The van der Waals surface area contributed by atoms with E-state index in [-0.39, 0.29) is 11.5 Å². The number of carboxylic acids is 1. The molecular weight excluding hydrogens is 238 g/mol. The Bertz CT molecular complexity index is 351. The Hall–Kier alpha value is -0.570. The molecule has 1 unspecified atom stereocenters. The highest BCUT2D eigenvalue weighted by atomic mass is 16.4. The predicted molar refractivity (Wildman–Crippen MR) is 72.8 cm³/mol. The van der Waals surface area contributed by atoms with Crippen LogP contribution in [-0.2, 0) is 4.79 Å². The van der Waals surface area contributed by atoms with Crippen LogP contribution in [0.5, 0.6) is 0 Å². The van der Waals surface area contributed by atoms with Gasteiger partial charge in [-0.3, -0.25) is 9.69 Å². The molecule has 1 saturated heterocycles. The van der Waals surface area contributed by atoms with Gasteiger partial charge in [0.25, 0.3) is 0 Å². The lowest BCUT2D eigenvalue weighted by Gasteiger charge is -2.59. The van der Waals surface area contributed by atoms with E-state index in [0.717, 1.165) is 30.8 Å². The summed E-state index contributed by atoms with van der Waals surface area (Å²) in [6.45, 7) is 2.03. The van der Waals surface area contributed by atoms with E-state index in [1.54, 1.807) is 0 Å². The largest absolute Gasteiger partial charge is 0.480 e. The van der Waals surface area contributed by atoms with E-state index in [1.165, 1.54) is 51.4 Å². The van der Waals surface area contributed by atoms with Crippen molar-refractivity contribution < 1.29 is 9.90 Å². The summed E-state index contributed by atoms with van der Waals surface area (Å²) in [7, 11) is 0. The monoisotopic (exact) mass is 263 g/mol. The minimum Gasteiger partial charge on any atom is -0.480 e. The van der Waals surface area contributed by atoms with Crippen LogP contribution in [0.4, 0.5) is 0 Å². The Morgan fingerprint density at radius 3 is 1.89 bits per heavy atom. The SMILES string of the molecule is O=C(O)C(N1CCCC1)C12CC3CC(CC(C3)C1)C2. The highest BCUT2D eigenvalue weighted by Gasteiger charge is 2.57. The van der Waals surface area contributed by atoms with E-state index < -0.39 is 5.97 Å². The van der Waals surface area contributed by atoms with Gasteiger partial charge in [0.15, 0.2) is 0 Å². The smallest absolute Gasteiger partial charge is 0.321 e. The molecule has 3 nitrogen and oxygen atoms in total. The molecule has 1 N–H and O–H groups in total. The molecular formula is C16H25NO2. The number of likely N-dealkylation sites (tertiary alicyclic amines) is 1. The van der Waals surface area contributed by atoms with E-state index in [0.29, 0.717) is 0 Å². The first-order valence-corrected chi connectivity index (χ1v) is 8.13. The summed E-state index contributed by atoms with van der Waals surface area (Å²) in [5.41, 5.74) is 0.130. The van der Waals surface area contributed by atoms with Gasteiger partial charge in [-0.05, 0) is 87.6 Å². The van der Waals surface area contributed by atoms with Crippen molar-refractivity contribution in [1.29, 1.82) is 0 Å². The quantitative estimate of drug-likeness (QED) is 0.851. The molecule has 4 bridgehead atoms. The van der Waals surface area contributed by atoms with Crippen LogP contribution >= 0.6 is 0 Å². The summed E-state index contributed by atoms with van der Waals surface area (Å²) >= 11 is 0. The molecule has 4 saturated carbocycles. The Labute approximate surface area is 115 Å². The number of hydrogen-bond acceptors (Lipinski definition) is 2. The topological polar surface area (TPSA) is 40.5 Å². The Morgan fingerprint density at radius 1 is 1.00 bits per heavy atom. The number of carbonyl (C=O) groups is 1. The van der Waals surface area contributed by atoms with E-state index in [9.17, 15) is 9.90 Å².